The molecule has 0 saturated carbocycles. The Labute approximate surface area is 123 Å². The van der Waals surface area contributed by atoms with Crippen molar-refractivity contribution in [2.24, 2.45) is 5.41 Å². The number of methoxy groups -OCH3 is 1. The average Bonchev–Trinajstić information content (AvgIpc) is 2.84. The van der Waals surface area contributed by atoms with E-state index in [1.165, 1.54) is 17.8 Å². The van der Waals surface area contributed by atoms with Crippen LogP contribution in [0.5, 0.6) is 0 Å². The van der Waals surface area contributed by atoms with Crippen LogP contribution in [0.3, 0.4) is 0 Å². The zero-order valence-electron chi connectivity index (χ0n) is 12.3. The highest BCUT2D eigenvalue weighted by molar-refractivity contribution is 7.17. The van der Waals surface area contributed by atoms with Crippen LogP contribution >= 0.6 is 11.3 Å². The molecule has 1 aromatic rings. The highest BCUT2D eigenvalue weighted by Crippen LogP contribution is 2.37. The maximum absolute atomic E-state index is 11.2. The second-order valence-corrected chi connectivity index (χ2v) is 6.64. The molecule has 1 aliphatic heterocycles. The number of carboxylic acids is 1. The van der Waals surface area contributed by atoms with Crippen LogP contribution in [0.2, 0.25) is 0 Å². The molecule has 2 rings (SSSR count). The lowest BCUT2D eigenvalue weighted by atomic mass is 9.78. The smallest absolute Gasteiger partial charge is 0.347 e. The Morgan fingerprint density at radius 3 is 2.65 bits per heavy atom. The van der Waals surface area contributed by atoms with Crippen LogP contribution in [0.1, 0.15) is 48.5 Å². The van der Waals surface area contributed by atoms with Crippen LogP contribution < -0.4 is 4.90 Å². The number of carbonyl (C=O) groups is 1. The van der Waals surface area contributed by atoms with Crippen molar-refractivity contribution in [1.82, 2.24) is 4.98 Å². The highest BCUT2D eigenvalue weighted by atomic mass is 32.1. The zero-order chi connectivity index (χ0) is 14.8. The van der Waals surface area contributed by atoms with E-state index in [9.17, 15) is 9.90 Å². The Hall–Kier alpha value is -1.14. The molecule has 0 bridgehead atoms. The van der Waals surface area contributed by atoms with Crippen molar-refractivity contribution in [3.63, 3.8) is 0 Å². The van der Waals surface area contributed by atoms with Gasteiger partial charge in [-0.3, -0.25) is 0 Å². The summed E-state index contributed by atoms with van der Waals surface area (Å²) in [5.74, 6) is -0.920. The van der Waals surface area contributed by atoms with Crippen LogP contribution in [0.4, 0.5) is 5.13 Å². The van der Waals surface area contributed by atoms with E-state index in [-0.39, 0.29) is 6.61 Å². The SMILES string of the molecule is CCC1(C)CCN(c2nc(COC)c(C(=O)O)s2)CC1. The first-order chi connectivity index (χ1) is 9.49. The van der Waals surface area contributed by atoms with E-state index in [4.69, 9.17) is 4.74 Å². The van der Waals surface area contributed by atoms with Gasteiger partial charge in [0.25, 0.3) is 0 Å². The summed E-state index contributed by atoms with van der Waals surface area (Å²) in [5, 5.41) is 10.0. The summed E-state index contributed by atoms with van der Waals surface area (Å²) in [6.07, 6.45) is 3.45. The van der Waals surface area contributed by atoms with Crippen molar-refractivity contribution in [3.8, 4) is 0 Å². The summed E-state index contributed by atoms with van der Waals surface area (Å²) in [4.78, 5) is 18.2. The van der Waals surface area contributed by atoms with Crippen molar-refractivity contribution in [3.05, 3.63) is 10.6 Å². The van der Waals surface area contributed by atoms with Gasteiger partial charge in [-0.15, -0.1) is 0 Å². The minimum Gasteiger partial charge on any atom is -0.477 e. The van der Waals surface area contributed by atoms with Gasteiger partial charge < -0.3 is 14.7 Å². The van der Waals surface area contributed by atoms with E-state index in [1.54, 1.807) is 7.11 Å². The number of thiazole rings is 1. The fourth-order valence-electron chi connectivity index (χ4n) is 2.47. The number of aromatic nitrogens is 1. The molecule has 0 radical (unpaired) electrons. The molecule has 1 saturated heterocycles. The first kappa shape index (κ1) is 15.3. The average molecular weight is 298 g/mol. The Balaban J connectivity index is 2.14. The molecule has 0 amide bonds. The topological polar surface area (TPSA) is 62.7 Å². The molecule has 1 N–H and O–H groups in total. The van der Waals surface area contributed by atoms with Crippen molar-refractivity contribution in [1.29, 1.82) is 0 Å². The number of hydrogen-bond acceptors (Lipinski definition) is 5. The Morgan fingerprint density at radius 1 is 1.50 bits per heavy atom. The molecule has 2 heterocycles. The lowest BCUT2D eigenvalue weighted by Crippen LogP contribution is -2.38. The molecule has 112 valence electrons. The third-order valence-corrected chi connectivity index (χ3v) is 5.40. The summed E-state index contributed by atoms with van der Waals surface area (Å²) in [6.45, 7) is 6.70. The molecule has 20 heavy (non-hydrogen) atoms. The number of hydrogen-bond donors (Lipinski definition) is 1. The highest BCUT2D eigenvalue weighted by Gasteiger charge is 2.30. The number of carboxylic acid groups (broad SMARTS) is 1. The van der Waals surface area contributed by atoms with E-state index < -0.39 is 5.97 Å². The number of nitrogens with zero attached hydrogens (tertiary/aromatic N) is 2. The number of rotatable bonds is 5. The number of ether oxygens (including phenoxy) is 1. The fourth-order valence-corrected chi connectivity index (χ4v) is 3.43. The van der Waals surface area contributed by atoms with Crippen molar-refractivity contribution in [2.75, 3.05) is 25.1 Å². The largest absolute Gasteiger partial charge is 0.477 e. The van der Waals surface area contributed by atoms with Crippen molar-refractivity contribution >= 4 is 22.4 Å². The number of piperidine rings is 1. The first-order valence-electron chi connectivity index (χ1n) is 6.96. The van der Waals surface area contributed by atoms with Crippen LogP contribution in [0, 0.1) is 5.41 Å². The monoisotopic (exact) mass is 298 g/mol. The van der Waals surface area contributed by atoms with Crippen molar-refractivity contribution < 1.29 is 14.6 Å². The van der Waals surface area contributed by atoms with Gasteiger partial charge in [0.2, 0.25) is 0 Å². The molecule has 1 fully saturated rings. The predicted molar refractivity (Wildman–Crippen MR) is 79.6 cm³/mol. The molecule has 0 aliphatic carbocycles. The van der Waals surface area contributed by atoms with E-state index in [1.807, 2.05) is 0 Å². The van der Waals surface area contributed by atoms with E-state index >= 15 is 0 Å². The lowest BCUT2D eigenvalue weighted by Gasteiger charge is -2.38. The summed E-state index contributed by atoms with van der Waals surface area (Å²) < 4.78 is 5.03. The molecular formula is C14H22N2O3S. The summed E-state index contributed by atoms with van der Waals surface area (Å²) >= 11 is 1.26. The van der Waals surface area contributed by atoms with Gasteiger partial charge in [0, 0.05) is 20.2 Å². The van der Waals surface area contributed by atoms with Gasteiger partial charge in [0.1, 0.15) is 4.88 Å². The van der Waals surface area contributed by atoms with Crippen LogP contribution in [-0.4, -0.2) is 36.3 Å². The molecule has 5 nitrogen and oxygen atoms in total. The quantitative estimate of drug-likeness (QED) is 0.905. The standard InChI is InChI=1S/C14H22N2O3S/c1-4-14(2)5-7-16(8-6-14)13-15-10(9-19-3)11(20-13)12(17)18/h4-9H2,1-3H3,(H,17,18). The number of aromatic carboxylic acids is 1. The normalized spacial score (nSPS) is 18.2. The molecule has 0 aromatic carbocycles. The number of anilines is 1. The minimum absolute atomic E-state index is 0.249. The van der Waals surface area contributed by atoms with Gasteiger partial charge in [-0.1, -0.05) is 31.6 Å². The maximum atomic E-state index is 11.2. The zero-order valence-corrected chi connectivity index (χ0v) is 13.1. The molecule has 6 heteroatoms. The summed E-state index contributed by atoms with van der Waals surface area (Å²) in [7, 11) is 1.55. The van der Waals surface area contributed by atoms with Crippen LogP contribution in [0.25, 0.3) is 0 Å². The lowest BCUT2D eigenvalue weighted by molar-refractivity contribution is 0.0697. The Bertz CT molecular complexity index is 479. The molecule has 0 unspecified atom stereocenters. The van der Waals surface area contributed by atoms with Gasteiger partial charge in [-0.2, -0.15) is 0 Å². The first-order valence-corrected chi connectivity index (χ1v) is 7.77. The Kier molecular flexibility index (Phi) is 4.65. The van der Waals surface area contributed by atoms with E-state index in [2.05, 4.69) is 23.7 Å². The fraction of sp³-hybridized carbons (Fsp3) is 0.714. The van der Waals surface area contributed by atoms with Gasteiger partial charge in [-0.05, 0) is 18.3 Å². The molecular weight excluding hydrogens is 276 g/mol. The summed E-state index contributed by atoms with van der Waals surface area (Å²) in [6, 6.07) is 0. The van der Waals surface area contributed by atoms with Crippen molar-refractivity contribution in [2.45, 2.75) is 39.7 Å². The van der Waals surface area contributed by atoms with Gasteiger partial charge in [0.15, 0.2) is 5.13 Å². The molecule has 0 atom stereocenters. The Morgan fingerprint density at radius 2 is 2.15 bits per heavy atom. The van der Waals surface area contributed by atoms with E-state index in [0.717, 1.165) is 31.1 Å². The maximum Gasteiger partial charge on any atom is 0.347 e. The van der Waals surface area contributed by atoms with Gasteiger partial charge in [0.05, 0.1) is 12.3 Å². The third-order valence-electron chi connectivity index (χ3n) is 4.26. The van der Waals surface area contributed by atoms with Gasteiger partial charge >= 0.3 is 5.97 Å². The predicted octanol–water partition coefficient (Wildman–Crippen LogP) is 3.00. The van der Waals surface area contributed by atoms with Crippen LogP contribution in [-0.2, 0) is 11.3 Å². The summed E-state index contributed by atoms with van der Waals surface area (Å²) in [5.41, 5.74) is 0.947. The van der Waals surface area contributed by atoms with E-state index in [0.29, 0.717) is 16.0 Å². The van der Waals surface area contributed by atoms with Gasteiger partial charge in [-0.25, -0.2) is 9.78 Å². The molecule has 1 aromatic heterocycles. The second-order valence-electron chi connectivity index (χ2n) is 5.66. The second kappa shape index (κ2) is 6.10. The third kappa shape index (κ3) is 3.12. The molecule has 1 aliphatic rings. The minimum atomic E-state index is -0.920. The molecule has 0 spiro atoms. The van der Waals surface area contributed by atoms with Crippen LogP contribution in [0.15, 0.2) is 0 Å².